The Bertz CT molecular complexity index is 265. The molecule has 1 saturated heterocycles. The molecule has 1 rings (SSSR count). The first-order valence-electron chi connectivity index (χ1n) is 5.64. The molecule has 5 nitrogen and oxygen atoms in total. The number of amides is 1. The van der Waals surface area contributed by atoms with Crippen molar-refractivity contribution in [2.75, 3.05) is 6.54 Å². The van der Waals surface area contributed by atoms with Gasteiger partial charge in [-0.05, 0) is 18.8 Å². The van der Waals surface area contributed by atoms with Gasteiger partial charge in [-0.25, -0.2) is 4.79 Å². The van der Waals surface area contributed by atoms with E-state index < -0.39 is 12.1 Å². The molecule has 2 unspecified atom stereocenters. The second-order valence-corrected chi connectivity index (χ2v) is 4.56. The molecule has 2 N–H and O–H groups in total. The highest BCUT2D eigenvalue weighted by Gasteiger charge is 2.30. The van der Waals surface area contributed by atoms with Crippen molar-refractivity contribution in [2.24, 2.45) is 5.92 Å². The molecule has 1 heterocycles. The molecule has 0 saturated carbocycles. The van der Waals surface area contributed by atoms with Gasteiger partial charge in [-0.3, -0.25) is 4.79 Å². The van der Waals surface area contributed by atoms with Gasteiger partial charge in [0.05, 0.1) is 6.10 Å². The number of carboxylic acids is 1. The van der Waals surface area contributed by atoms with Crippen molar-refractivity contribution in [3.8, 4) is 0 Å². The average molecular weight is 229 g/mol. The smallest absolute Gasteiger partial charge is 0.332 e. The topological polar surface area (TPSA) is 75.6 Å². The van der Waals surface area contributed by atoms with Gasteiger partial charge in [0.2, 0.25) is 5.91 Å². The van der Waals surface area contributed by atoms with Crippen LogP contribution < -0.4 is 5.32 Å². The maximum absolute atomic E-state index is 11.3. The largest absolute Gasteiger partial charge is 0.479 e. The lowest BCUT2D eigenvalue weighted by atomic mass is 10.1. The van der Waals surface area contributed by atoms with E-state index in [1.807, 2.05) is 13.8 Å². The van der Waals surface area contributed by atoms with E-state index in [0.717, 1.165) is 0 Å². The van der Waals surface area contributed by atoms with E-state index in [9.17, 15) is 9.59 Å². The molecular formula is C11H19NO4. The maximum atomic E-state index is 11.3. The third-order valence-electron chi connectivity index (χ3n) is 2.50. The standard InChI is InChI=1S/C11H19NO4/c1-7(2)5-10(13)12-6-8-3-4-9(16-8)11(14)15/h7-9H,3-6H2,1-2H3,(H,12,13)(H,14,15). The molecule has 0 aromatic carbocycles. The first kappa shape index (κ1) is 13.0. The van der Waals surface area contributed by atoms with Crippen molar-refractivity contribution in [3.63, 3.8) is 0 Å². The summed E-state index contributed by atoms with van der Waals surface area (Å²) in [6, 6.07) is 0. The van der Waals surface area contributed by atoms with Gasteiger partial charge in [0.25, 0.3) is 0 Å². The van der Waals surface area contributed by atoms with Crippen molar-refractivity contribution < 1.29 is 19.4 Å². The number of carbonyl (C=O) groups excluding carboxylic acids is 1. The monoisotopic (exact) mass is 229 g/mol. The third-order valence-corrected chi connectivity index (χ3v) is 2.50. The number of hydrogen-bond acceptors (Lipinski definition) is 3. The molecule has 0 radical (unpaired) electrons. The lowest BCUT2D eigenvalue weighted by molar-refractivity contribution is -0.149. The molecule has 0 spiro atoms. The molecule has 1 aliphatic heterocycles. The zero-order chi connectivity index (χ0) is 12.1. The molecule has 1 amide bonds. The van der Waals surface area contributed by atoms with Crippen LogP contribution in [0.15, 0.2) is 0 Å². The summed E-state index contributed by atoms with van der Waals surface area (Å²) in [5.74, 6) is -0.593. The fourth-order valence-corrected chi connectivity index (χ4v) is 1.71. The molecule has 0 aromatic rings. The molecule has 92 valence electrons. The van der Waals surface area contributed by atoms with Crippen LogP contribution in [0.4, 0.5) is 0 Å². The Morgan fingerprint density at radius 2 is 2.12 bits per heavy atom. The highest BCUT2D eigenvalue weighted by atomic mass is 16.5. The zero-order valence-corrected chi connectivity index (χ0v) is 9.73. The summed E-state index contributed by atoms with van der Waals surface area (Å²) in [7, 11) is 0. The summed E-state index contributed by atoms with van der Waals surface area (Å²) >= 11 is 0. The SMILES string of the molecule is CC(C)CC(=O)NCC1CCC(C(=O)O)O1. The molecule has 0 bridgehead atoms. The molecule has 16 heavy (non-hydrogen) atoms. The predicted molar refractivity (Wildman–Crippen MR) is 58.0 cm³/mol. The lowest BCUT2D eigenvalue weighted by Gasteiger charge is -2.12. The number of nitrogens with one attached hydrogen (secondary N) is 1. The zero-order valence-electron chi connectivity index (χ0n) is 9.73. The highest BCUT2D eigenvalue weighted by Crippen LogP contribution is 2.19. The van der Waals surface area contributed by atoms with Crippen LogP contribution in [0, 0.1) is 5.92 Å². The fraction of sp³-hybridized carbons (Fsp3) is 0.818. The molecule has 0 aromatic heterocycles. The van der Waals surface area contributed by atoms with Crippen LogP contribution in [0.2, 0.25) is 0 Å². The lowest BCUT2D eigenvalue weighted by Crippen LogP contribution is -2.33. The Labute approximate surface area is 95.2 Å². The van der Waals surface area contributed by atoms with Gasteiger partial charge in [-0.2, -0.15) is 0 Å². The molecule has 0 aliphatic carbocycles. The highest BCUT2D eigenvalue weighted by molar-refractivity contribution is 5.76. The van der Waals surface area contributed by atoms with Gasteiger partial charge in [-0.1, -0.05) is 13.8 Å². The Balaban J connectivity index is 2.20. The van der Waals surface area contributed by atoms with Gasteiger partial charge < -0.3 is 15.2 Å². The Morgan fingerprint density at radius 1 is 1.44 bits per heavy atom. The maximum Gasteiger partial charge on any atom is 0.332 e. The molecule has 1 fully saturated rings. The number of hydrogen-bond donors (Lipinski definition) is 2. The van der Waals surface area contributed by atoms with Gasteiger partial charge in [-0.15, -0.1) is 0 Å². The van der Waals surface area contributed by atoms with E-state index in [4.69, 9.17) is 9.84 Å². The summed E-state index contributed by atoms with van der Waals surface area (Å²) < 4.78 is 5.26. The minimum atomic E-state index is -0.920. The summed E-state index contributed by atoms with van der Waals surface area (Å²) in [5, 5.41) is 11.5. The van der Waals surface area contributed by atoms with Crippen molar-refractivity contribution in [1.29, 1.82) is 0 Å². The van der Waals surface area contributed by atoms with Gasteiger partial charge in [0, 0.05) is 13.0 Å². The van der Waals surface area contributed by atoms with Crippen LogP contribution in [0.25, 0.3) is 0 Å². The van der Waals surface area contributed by atoms with E-state index in [2.05, 4.69) is 5.32 Å². The van der Waals surface area contributed by atoms with E-state index in [1.54, 1.807) is 0 Å². The van der Waals surface area contributed by atoms with Crippen LogP contribution >= 0.6 is 0 Å². The third kappa shape index (κ3) is 4.18. The minimum absolute atomic E-state index is 0.00243. The van der Waals surface area contributed by atoms with Crippen molar-refractivity contribution in [3.05, 3.63) is 0 Å². The Hall–Kier alpha value is -1.10. The average Bonchev–Trinajstić information content (AvgIpc) is 2.61. The first-order chi connectivity index (χ1) is 7.49. The predicted octanol–water partition coefficient (Wildman–Crippen LogP) is 0.781. The second kappa shape index (κ2) is 5.84. The van der Waals surface area contributed by atoms with E-state index in [-0.39, 0.29) is 12.0 Å². The molecular weight excluding hydrogens is 210 g/mol. The van der Waals surface area contributed by atoms with E-state index >= 15 is 0 Å². The number of aliphatic carboxylic acids is 1. The normalized spacial score (nSPS) is 24.7. The minimum Gasteiger partial charge on any atom is -0.479 e. The Kier molecular flexibility index (Phi) is 4.73. The van der Waals surface area contributed by atoms with E-state index in [1.165, 1.54) is 0 Å². The van der Waals surface area contributed by atoms with Crippen molar-refractivity contribution >= 4 is 11.9 Å². The summed E-state index contributed by atoms with van der Waals surface area (Å²) in [4.78, 5) is 22.0. The van der Waals surface area contributed by atoms with E-state index in [0.29, 0.717) is 31.7 Å². The number of carbonyl (C=O) groups is 2. The quantitative estimate of drug-likeness (QED) is 0.730. The summed E-state index contributed by atoms with van der Waals surface area (Å²) in [5.41, 5.74) is 0. The molecule has 2 atom stereocenters. The van der Waals surface area contributed by atoms with Crippen LogP contribution in [0.3, 0.4) is 0 Å². The van der Waals surface area contributed by atoms with Gasteiger partial charge in [0.1, 0.15) is 0 Å². The number of rotatable bonds is 5. The van der Waals surface area contributed by atoms with Crippen LogP contribution in [-0.4, -0.2) is 35.7 Å². The first-order valence-corrected chi connectivity index (χ1v) is 5.64. The van der Waals surface area contributed by atoms with Crippen LogP contribution in [-0.2, 0) is 14.3 Å². The van der Waals surface area contributed by atoms with Crippen molar-refractivity contribution in [2.45, 2.75) is 45.3 Å². The van der Waals surface area contributed by atoms with Crippen LogP contribution in [0.5, 0.6) is 0 Å². The second-order valence-electron chi connectivity index (χ2n) is 4.56. The van der Waals surface area contributed by atoms with Gasteiger partial charge >= 0.3 is 5.97 Å². The molecule has 5 heteroatoms. The van der Waals surface area contributed by atoms with Crippen LogP contribution in [0.1, 0.15) is 33.1 Å². The molecule has 1 aliphatic rings. The number of ether oxygens (including phenoxy) is 1. The fourth-order valence-electron chi connectivity index (χ4n) is 1.71. The summed E-state index contributed by atoms with van der Waals surface area (Å²) in [6.45, 7) is 4.37. The van der Waals surface area contributed by atoms with Gasteiger partial charge in [0.15, 0.2) is 6.10 Å². The van der Waals surface area contributed by atoms with Crippen molar-refractivity contribution in [1.82, 2.24) is 5.32 Å². The summed E-state index contributed by atoms with van der Waals surface area (Å²) in [6.07, 6.45) is 0.859. The Morgan fingerprint density at radius 3 is 2.62 bits per heavy atom. The number of carboxylic acid groups (broad SMARTS) is 1.